The number of hydrogen-bond donors (Lipinski definition) is 2. The molecular weight excluding hydrogens is 360 g/mol. The number of aryl methyl sites for hydroxylation is 1. The summed E-state index contributed by atoms with van der Waals surface area (Å²) in [7, 11) is 1.83. The average molecular weight is 389 g/mol. The van der Waals surface area contributed by atoms with Gasteiger partial charge in [0.15, 0.2) is 0 Å². The molecule has 1 unspecified atom stereocenters. The van der Waals surface area contributed by atoms with Crippen molar-refractivity contribution in [1.82, 2.24) is 19.9 Å². The highest BCUT2D eigenvalue weighted by Gasteiger charge is 2.22. The lowest BCUT2D eigenvalue weighted by atomic mass is 10.2. The summed E-state index contributed by atoms with van der Waals surface area (Å²) >= 11 is 0. The largest absolute Gasteiger partial charge is 0.394 e. The number of rotatable bonds is 6. The molecule has 3 heterocycles. The van der Waals surface area contributed by atoms with Gasteiger partial charge in [-0.25, -0.2) is 9.97 Å². The van der Waals surface area contributed by atoms with Gasteiger partial charge in [-0.2, -0.15) is 0 Å². The van der Waals surface area contributed by atoms with Crippen molar-refractivity contribution in [3.8, 4) is 11.4 Å². The Morgan fingerprint density at radius 2 is 2.17 bits per heavy atom. The van der Waals surface area contributed by atoms with Crippen molar-refractivity contribution in [2.45, 2.75) is 39.3 Å². The second-order valence-corrected chi connectivity index (χ2v) is 7.75. The summed E-state index contributed by atoms with van der Waals surface area (Å²) in [6.07, 6.45) is 7.92. The third-order valence-corrected chi connectivity index (χ3v) is 5.54. The van der Waals surface area contributed by atoms with Gasteiger partial charge < -0.3 is 20.2 Å². The van der Waals surface area contributed by atoms with Crippen LogP contribution in [0.15, 0.2) is 48.8 Å². The van der Waals surface area contributed by atoms with Crippen molar-refractivity contribution in [3.05, 3.63) is 54.4 Å². The number of nitrogens with zero attached hydrogens (tertiary/aromatic N) is 4. The molecule has 6 nitrogen and oxygen atoms in total. The SMILES string of the molecule is CN/C=C\C(=N)Cn1c(-c2ccc(N3CCCC3C)nc2)nc2cc(C)ccc21. The number of benzene rings is 1. The minimum atomic E-state index is 0.456. The summed E-state index contributed by atoms with van der Waals surface area (Å²) in [6, 6.07) is 11.0. The van der Waals surface area contributed by atoms with Gasteiger partial charge >= 0.3 is 0 Å². The van der Waals surface area contributed by atoms with E-state index in [9.17, 15) is 0 Å². The molecule has 4 rings (SSSR count). The second-order valence-electron chi connectivity index (χ2n) is 7.75. The van der Waals surface area contributed by atoms with Gasteiger partial charge in [0.1, 0.15) is 11.6 Å². The van der Waals surface area contributed by atoms with Crippen molar-refractivity contribution in [3.63, 3.8) is 0 Å². The van der Waals surface area contributed by atoms with Crippen LogP contribution >= 0.6 is 0 Å². The van der Waals surface area contributed by atoms with Crippen LogP contribution in [-0.2, 0) is 6.54 Å². The lowest BCUT2D eigenvalue weighted by molar-refractivity contribution is 0.727. The van der Waals surface area contributed by atoms with Crippen molar-refractivity contribution >= 4 is 22.6 Å². The van der Waals surface area contributed by atoms with E-state index in [0.717, 1.165) is 34.8 Å². The molecule has 2 aromatic heterocycles. The number of anilines is 1. The van der Waals surface area contributed by atoms with Crippen LogP contribution in [0.4, 0.5) is 5.82 Å². The molecular formula is C23H28N6. The zero-order valence-electron chi connectivity index (χ0n) is 17.3. The van der Waals surface area contributed by atoms with Crippen LogP contribution in [0.3, 0.4) is 0 Å². The molecule has 0 spiro atoms. The Balaban J connectivity index is 1.73. The van der Waals surface area contributed by atoms with Gasteiger partial charge in [-0.05, 0) is 68.8 Å². The fourth-order valence-corrected chi connectivity index (χ4v) is 3.99. The first-order chi connectivity index (χ1) is 14.1. The predicted octanol–water partition coefficient (Wildman–Crippen LogP) is 4.15. The molecule has 1 aromatic carbocycles. The maximum absolute atomic E-state index is 8.32. The fourth-order valence-electron chi connectivity index (χ4n) is 3.99. The fraction of sp³-hybridized carbons (Fsp3) is 0.348. The van der Waals surface area contributed by atoms with Crippen LogP contribution in [0.5, 0.6) is 0 Å². The van der Waals surface area contributed by atoms with Crippen molar-refractivity contribution in [2.24, 2.45) is 0 Å². The van der Waals surface area contributed by atoms with E-state index in [-0.39, 0.29) is 0 Å². The molecule has 1 atom stereocenters. The van der Waals surface area contributed by atoms with E-state index in [0.29, 0.717) is 18.3 Å². The summed E-state index contributed by atoms with van der Waals surface area (Å²) in [5.41, 5.74) is 4.64. The van der Waals surface area contributed by atoms with Gasteiger partial charge in [0.2, 0.25) is 0 Å². The monoisotopic (exact) mass is 388 g/mol. The molecule has 1 aliphatic rings. The van der Waals surface area contributed by atoms with E-state index in [1.165, 1.54) is 18.4 Å². The minimum Gasteiger partial charge on any atom is -0.394 e. The summed E-state index contributed by atoms with van der Waals surface area (Å²) in [4.78, 5) is 12.0. The number of aromatic nitrogens is 3. The van der Waals surface area contributed by atoms with E-state index < -0.39 is 0 Å². The van der Waals surface area contributed by atoms with Gasteiger partial charge in [0.05, 0.1) is 23.3 Å². The van der Waals surface area contributed by atoms with E-state index in [1.54, 1.807) is 12.3 Å². The highest BCUT2D eigenvalue weighted by molar-refractivity contribution is 5.94. The summed E-state index contributed by atoms with van der Waals surface area (Å²) in [6.45, 7) is 5.86. The zero-order valence-corrected chi connectivity index (χ0v) is 17.3. The standard InChI is InChI=1S/C23H28N6/c1-16-6-8-21-20(13-16)27-23(29(21)15-19(24)10-11-25-3)18-7-9-22(26-14-18)28-12-4-5-17(28)2/h6-11,13-14,17,24-25H,4-5,12,15H2,1-3H3/b11-10-,24-19?. The van der Waals surface area contributed by atoms with Gasteiger partial charge in [-0.1, -0.05) is 6.07 Å². The Kier molecular flexibility index (Phi) is 5.34. The van der Waals surface area contributed by atoms with Crippen LogP contribution in [0.2, 0.25) is 0 Å². The highest BCUT2D eigenvalue weighted by atomic mass is 15.2. The Labute approximate surface area is 171 Å². The van der Waals surface area contributed by atoms with Crippen LogP contribution in [-0.4, -0.2) is 39.9 Å². The maximum atomic E-state index is 8.32. The Morgan fingerprint density at radius 1 is 1.31 bits per heavy atom. The van der Waals surface area contributed by atoms with Crippen molar-refractivity contribution in [2.75, 3.05) is 18.5 Å². The first-order valence-corrected chi connectivity index (χ1v) is 10.2. The quantitative estimate of drug-likeness (QED) is 0.623. The first kappa shape index (κ1) is 19.2. The highest BCUT2D eigenvalue weighted by Crippen LogP contribution is 2.28. The second kappa shape index (κ2) is 8.07. The molecule has 0 bridgehead atoms. The van der Waals surface area contributed by atoms with Crippen molar-refractivity contribution < 1.29 is 0 Å². The van der Waals surface area contributed by atoms with E-state index in [1.807, 2.05) is 13.2 Å². The molecule has 0 amide bonds. The summed E-state index contributed by atoms with van der Waals surface area (Å²) < 4.78 is 2.10. The molecule has 0 aliphatic carbocycles. The van der Waals surface area contributed by atoms with Gasteiger partial charge in [0.25, 0.3) is 0 Å². The molecule has 2 N–H and O–H groups in total. The first-order valence-electron chi connectivity index (χ1n) is 10.2. The smallest absolute Gasteiger partial charge is 0.143 e. The van der Waals surface area contributed by atoms with E-state index >= 15 is 0 Å². The van der Waals surface area contributed by atoms with Gasteiger partial charge in [-0.3, -0.25) is 0 Å². The topological polar surface area (TPSA) is 69.8 Å². The number of allylic oxidation sites excluding steroid dienone is 1. The Morgan fingerprint density at radius 3 is 2.86 bits per heavy atom. The molecule has 0 saturated carbocycles. The number of nitrogens with one attached hydrogen (secondary N) is 2. The molecule has 150 valence electrons. The zero-order chi connectivity index (χ0) is 20.4. The number of hydrogen-bond acceptors (Lipinski definition) is 5. The normalized spacial score (nSPS) is 16.8. The predicted molar refractivity (Wildman–Crippen MR) is 120 cm³/mol. The minimum absolute atomic E-state index is 0.456. The number of pyridine rings is 1. The lowest BCUT2D eigenvalue weighted by Gasteiger charge is -2.22. The molecule has 6 heteroatoms. The molecule has 0 radical (unpaired) electrons. The lowest BCUT2D eigenvalue weighted by Crippen LogP contribution is -2.26. The maximum Gasteiger partial charge on any atom is 0.143 e. The molecule has 3 aromatic rings. The third-order valence-electron chi connectivity index (χ3n) is 5.54. The van der Waals surface area contributed by atoms with Gasteiger partial charge in [0, 0.05) is 31.4 Å². The average Bonchev–Trinajstić information content (AvgIpc) is 3.30. The summed E-state index contributed by atoms with van der Waals surface area (Å²) in [5.74, 6) is 1.88. The Hall–Kier alpha value is -3.15. The number of imidazole rings is 1. The van der Waals surface area contributed by atoms with Crippen LogP contribution in [0, 0.1) is 12.3 Å². The van der Waals surface area contributed by atoms with Gasteiger partial charge in [-0.15, -0.1) is 0 Å². The van der Waals surface area contributed by atoms with Crippen molar-refractivity contribution in [1.29, 1.82) is 5.41 Å². The number of fused-ring (bicyclic) bond motifs is 1. The molecule has 1 saturated heterocycles. The summed E-state index contributed by atoms with van der Waals surface area (Å²) in [5, 5.41) is 11.3. The third kappa shape index (κ3) is 3.88. The van der Waals surface area contributed by atoms with Crippen LogP contribution in [0.1, 0.15) is 25.3 Å². The van der Waals surface area contributed by atoms with Crippen LogP contribution in [0.25, 0.3) is 22.4 Å². The van der Waals surface area contributed by atoms with Crippen LogP contribution < -0.4 is 10.2 Å². The molecule has 29 heavy (non-hydrogen) atoms. The molecule has 1 aliphatic heterocycles. The van der Waals surface area contributed by atoms with E-state index in [4.69, 9.17) is 15.4 Å². The Bertz CT molecular complexity index is 1050. The molecule has 1 fully saturated rings. The van der Waals surface area contributed by atoms with E-state index in [2.05, 4.69) is 59.0 Å².